The second-order valence-electron chi connectivity index (χ2n) is 6.74. The number of nitrogens with zero attached hydrogens (tertiary/aromatic N) is 4. The first-order chi connectivity index (χ1) is 13.6. The lowest BCUT2D eigenvalue weighted by molar-refractivity contribution is -0.131. The van der Waals surface area contributed by atoms with Gasteiger partial charge in [-0.1, -0.05) is 18.2 Å². The first-order valence-corrected chi connectivity index (χ1v) is 9.29. The molecule has 0 saturated carbocycles. The monoisotopic (exact) mass is 379 g/mol. The highest BCUT2D eigenvalue weighted by atomic mass is 16.2. The highest BCUT2D eigenvalue weighted by Gasteiger charge is 2.22. The van der Waals surface area contributed by atoms with Gasteiger partial charge in [-0.15, -0.1) is 0 Å². The molecular weight excluding hydrogens is 358 g/mol. The Kier molecular flexibility index (Phi) is 4.92. The smallest absolute Gasteiger partial charge is 0.328 e. The zero-order valence-corrected chi connectivity index (χ0v) is 15.4. The number of rotatable bonds is 4. The number of fused-ring (bicyclic) bond motifs is 1. The second-order valence-corrected chi connectivity index (χ2v) is 6.74. The molecule has 1 saturated heterocycles. The normalized spacial score (nSPS) is 14.4. The molecule has 28 heavy (non-hydrogen) atoms. The van der Waals surface area contributed by atoms with Crippen molar-refractivity contribution < 1.29 is 4.79 Å². The van der Waals surface area contributed by atoms with Crippen molar-refractivity contribution in [3.8, 4) is 0 Å². The van der Waals surface area contributed by atoms with Crippen molar-refractivity contribution in [2.75, 3.05) is 31.1 Å². The SMILES string of the molecule is O=C(CCn1c(=O)[nH]c2ccccc2c1=O)N1CCN(c2ccccn2)CC1. The lowest BCUT2D eigenvalue weighted by Gasteiger charge is -2.35. The summed E-state index contributed by atoms with van der Waals surface area (Å²) in [6.45, 7) is 2.67. The molecule has 3 heterocycles. The first kappa shape index (κ1) is 18.0. The Hall–Kier alpha value is -3.42. The van der Waals surface area contributed by atoms with Crippen LogP contribution < -0.4 is 16.1 Å². The van der Waals surface area contributed by atoms with Gasteiger partial charge in [-0.3, -0.25) is 14.2 Å². The van der Waals surface area contributed by atoms with E-state index in [0.717, 1.165) is 10.4 Å². The summed E-state index contributed by atoms with van der Waals surface area (Å²) < 4.78 is 1.10. The van der Waals surface area contributed by atoms with E-state index in [2.05, 4.69) is 14.9 Å². The first-order valence-electron chi connectivity index (χ1n) is 9.29. The van der Waals surface area contributed by atoms with Gasteiger partial charge < -0.3 is 14.8 Å². The van der Waals surface area contributed by atoms with Gasteiger partial charge in [0, 0.05) is 45.3 Å². The number of benzene rings is 1. The zero-order valence-electron chi connectivity index (χ0n) is 15.4. The molecule has 3 aromatic rings. The summed E-state index contributed by atoms with van der Waals surface area (Å²) in [6.07, 6.45) is 1.87. The van der Waals surface area contributed by atoms with Crippen molar-refractivity contribution in [3.05, 3.63) is 69.5 Å². The van der Waals surface area contributed by atoms with Crippen LogP contribution >= 0.6 is 0 Å². The molecule has 0 atom stereocenters. The molecule has 0 aliphatic carbocycles. The highest BCUT2D eigenvalue weighted by Crippen LogP contribution is 2.13. The number of hydrogen-bond acceptors (Lipinski definition) is 5. The number of para-hydroxylation sites is 1. The van der Waals surface area contributed by atoms with Crippen LogP contribution in [0.1, 0.15) is 6.42 Å². The molecule has 1 aliphatic rings. The number of aromatic amines is 1. The third-order valence-electron chi connectivity index (χ3n) is 5.04. The maximum Gasteiger partial charge on any atom is 0.328 e. The number of piperazine rings is 1. The summed E-state index contributed by atoms with van der Waals surface area (Å²) in [5.41, 5.74) is -0.352. The Bertz CT molecular complexity index is 1100. The Morgan fingerprint density at radius 2 is 1.75 bits per heavy atom. The lowest BCUT2D eigenvalue weighted by atomic mass is 10.2. The maximum absolute atomic E-state index is 12.6. The number of amides is 1. The molecule has 4 rings (SSSR count). The summed E-state index contributed by atoms with van der Waals surface area (Å²) in [4.78, 5) is 48.3. The van der Waals surface area contributed by atoms with Crippen LogP contribution in [0.4, 0.5) is 5.82 Å². The largest absolute Gasteiger partial charge is 0.353 e. The molecule has 2 aromatic heterocycles. The lowest BCUT2D eigenvalue weighted by Crippen LogP contribution is -2.49. The Morgan fingerprint density at radius 1 is 1.00 bits per heavy atom. The van der Waals surface area contributed by atoms with Crippen LogP contribution in [0, 0.1) is 0 Å². The van der Waals surface area contributed by atoms with Gasteiger partial charge >= 0.3 is 5.69 Å². The number of anilines is 1. The Balaban J connectivity index is 1.40. The van der Waals surface area contributed by atoms with E-state index in [0.29, 0.717) is 37.1 Å². The van der Waals surface area contributed by atoms with Gasteiger partial charge in [0.1, 0.15) is 5.82 Å². The summed E-state index contributed by atoms with van der Waals surface area (Å²) in [5.74, 6) is 0.851. The molecule has 1 N–H and O–H groups in total. The van der Waals surface area contributed by atoms with Crippen molar-refractivity contribution >= 4 is 22.6 Å². The van der Waals surface area contributed by atoms with Crippen molar-refractivity contribution in [2.45, 2.75) is 13.0 Å². The molecule has 8 heteroatoms. The number of pyridine rings is 1. The van der Waals surface area contributed by atoms with Crippen LogP contribution in [0.25, 0.3) is 10.9 Å². The van der Waals surface area contributed by atoms with E-state index < -0.39 is 5.69 Å². The van der Waals surface area contributed by atoms with E-state index >= 15 is 0 Å². The van der Waals surface area contributed by atoms with Gasteiger partial charge in [0.05, 0.1) is 10.9 Å². The van der Waals surface area contributed by atoms with Gasteiger partial charge in [-0.2, -0.15) is 0 Å². The van der Waals surface area contributed by atoms with Crippen LogP contribution in [-0.4, -0.2) is 51.5 Å². The quantitative estimate of drug-likeness (QED) is 0.725. The van der Waals surface area contributed by atoms with E-state index in [-0.39, 0.29) is 24.4 Å². The van der Waals surface area contributed by atoms with Gasteiger partial charge in [0.25, 0.3) is 5.56 Å². The number of aromatic nitrogens is 3. The third-order valence-corrected chi connectivity index (χ3v) is 5.04. The minimum absolute atomic E-state index is 0.0554. The van der Waals surface area contributed by atoms with Crippen LogP contribution in [0.15, 0.2) is 58.3 Å². The molecule has 8 nitrogen and oxygen atoms in total. The van der Waals surface area contributed by atoms with Crippen molar-refractivity contribution in [2.24, 2.45) is 0 Å². The predicted molar refractivity (Wildman–Crippen MR) is 106 cm³/mol. The van der Waals surface area contributed by atoms with Crippen LogP contribution in [0.3, 0.4) is 0 Å². The highest BCUT2D eigenvalue weighted by molar-refractivity contribution is 5.77. The summed E-state index contributed by atoms with van der Waals surface area (Å²) in [6, 6.07) is 12.6. The third kappa shape index (κ3) is 3.53. The van der Waals surface area contributed by atoms with E-state index in [1.54, 1.807) is 35.4 Å². The van der Waals surface area contributed by atoms with Crippen LogP contribution in [-0.2, 0) is 11.3 Å². The maximum atomic E-state index is 12.6. The fraction of sp³-hybridized carbons (Fsp3) is 0.300. The van der Waals surface area contributed by atoms with Crippen molar-refractivity contribution in [1.82, 2.24) is 19.4 Å². The minimum Gasteiger partial charge on any atom is -0.353 e. The predicted octanol–water partition coefficient (Wildman–Crippen LogP) is 0.824. The molecule has 0 spiro atoms. The van der Waals surface area contributed by atoms with E-state index in [4.69, 9.17) is 0 Å². The van der Waals surface area contributed by atoms with E-state index in [1.807, 2.05) is 18.2 Å². The van der Waals surface area contributed by atoms with Gasteiger partial charge in [0.2, 0.25) is 5.91 Å². The fourth-order valence-electron chi connectivity index (χ4n) is 3.49. The zero-order chi connectivity index (χ0) is 19.5. The number of nitrogens with one attached hydrogen (secondary N) is 1. The number of H-pyrrole nitrogens is 1. The van der Waals surface area contributed by atoms with E-state index in [9.17, 15) is 14.4 Å². The van der Waals surface area contributed by atoms with Crippen LogP contribution in [0.2, 0.25) is 0 Å². The van der Waals surface area contributed by atoms with Gasteiger partial charge in [-0.05, 0) is 24.3 Å². The molecule has 0 unspecified atom stereocenters. The molecule has 0 radical (unpaired) electrons. The Labute approximate surface area is 161 Å². The van der Waals surface area contributed by atoms with Crippen molar-refractivity contribution in [1.29, 1.82) is 0 Å². The Morgan fingerprint density at radius 3 is 2.50 bits per heavy atom. The number of carbonyl (C=O) groups excluding carboxylic acids is 1. The molecule has 1 aromatic carbocycles. The summed E-state index contributed by atoms with van der Waals surface area (Å²) in [5, 5.41) is 0.443. The molecular formula is C20H21N5O3. The molecule has 144 valence electrons. The fourth-order valence-corrected chi connectivity index (χ4v) is 3.49. The molecule has 0 bridgehead atoms. The van der Waals surface area contributed by atoms with Crippen molar-refractivity contribution in [3.63, 3.8) is 0 Å². The average molecular weight is 379 g/mol. The summed E-state index contributed by atoms with van der Waals surface area (Å²) >= 11 is 0. The second kappa shape index (κ2) is 7.67. The van der Waals surface area contributed by atoms with Gasteiger partial charge in [-0.25, -0.2) is 9.78 Å². The number of hydrogen-bond donors (Lipinski definition) is 1. The molecule has 1 fully saturated rings. The average Bonchev–Trinajstić information content (AvgIpc) is 2.74. The van der Waals surface area contributed by atoms with Gasteiger partial charge in [0.15, 0.2) is 0 Å². The molecule has 1 amide bonds. The summed E-state index contributed by atoms with van der Waals surface area (Å²) in [7, 11) is 0. The molecule has 1 aliphatic heterocycles. The standard InChI is InChI=1S/C20H21N5O3/c26-18(24-13-11-23(12-14-24)17-7-3-4-9-21-17)8-10-25-19(27)15-5-1-2-6-16(15)22-20(25)28/h1-7,9H,8,10-14H2,(H,22,28). The number of carbonyl (C=O) groups is 1. The topological polar surface area (TPSA) is 91.3 Å². The van der Waals surface area contributed by atoms with E-state index in [1.165, 1.54) is 0 Å². The van der Waals surface area contributed by atoms with Crippen LogP contribution in [0.5, 0.6) is 0 Å². The minimum atomic E-state index is -0.489.